The molecule has 0 radical (unpaired) electrons. The first kappa shape index (κ1) is 25.8. The molecular weight excluding hydrogens is 388 g/mol. The second kappa shape index (κ2) is 13.1. The zero-order valence-electron chi connectivity index (χ0n) is 18.2. The van der Waals surface area contributed by atoms with Gasteiger partial charge in [-0.3, -0.25) is 4.79 Å². The topological polar surface area (TPSA) is 110 Å². The van der Waals surface area contributed by atoms with Crippen LogP contribution >= 0.6 is 0 Å². The quantitative estimate of drug-likeness (QED) is 0.319. The van der Waals surface area contributed by atoms with Crippen molar-refractivity contribution in [1.29, 1.82) is 0 Å². The highest BCUT2D eigenvalue weighted by atomic mass is 16.6. The maximum atomic E-state index is 11.5. The molecule has 1 aliphatic heterocycles. The number of hydrogen-bond acceptors (Lipinski definition) is 7. The summed E-state index contributed by atoms with van der Waals surface area (Å²) in [5.41, 5.74) is 0.0304. The number of ether oxygens (including phenoxy) is 2. The zero-order chi connectivity index (χ0) is 22.6. The van der Waals surface area contributed by atoms with Gasteiger partial charge in [0.2, 0.25) is 0 Å². The van der Waals surface area contributed by atoms with Crippen molar-refractivity contribution in [2.45, 2.75) is 59.3 Å². The lowest BCUT2D eigenvalue weighted by atomic mass is 9.88. The number of carbonyl (C=O) groups excluding carboxylic acids is 3. The fourth-order valence-electron chi connectivity index (χ4n) is 2.80. The van der Waals surface area contributed by atoms with Crippen LogP contribution in [0.4, 0.5) is 0 Å². The van der Waals surface area contributed by atoms with E-state index in [4.69, 9.17) is 4.74 Å². The van der Waals surface area contributed by atoms with Crippen molar-refractivity contribution in [3.8, 4) is 0 Å². The third kappa shape index (κ3) is 8.24. The van der Waals surface area contributed by atoms with Gasteiger partial charge >= 0.3 is 17.9 Å². The molecule has 0 spiro atoms. The number of unbranched alkanes of at least 4 members (excludes halogenated alkanes) is 2. The molecule has 0 fully saturated rings. The molecule has 1 aliphatic rings. The Morgan fingerprint density at radius 2 is 1.60 bits per heavy atom. The number of fused-ring (bicyclic) bond motifs is 1. The van der Waals surface area contributed by atoms with Gasteiger partial charge in [0, 0.05) is 6.42 Å². The molecule has 1 heterocycles. The van der Waals surface area contributed by atoms with E-state index in [2.05, 4.69) is 18.6 Å². The summed E-state index contributed by atoms with van der Waals surface area (Å²) in [5, 5.41) is 18.5. The zero-order valence-corrected chi connectivity index (χ0v) is 18.2. The molecule has 7 heteroatoms. The van der Waals surface area contributed by atoms with E-state index in [0.717, 1.165) is 19.3 Å². The van der Waals surface area contributed by atoms with Gasteiger partial charge in [0.1, 0.15) is 6.61 Å². The molecule has 0 saturated heterocycles. The second-order valence-corrected chi connectivity index (χ2v) is 8.05. The highest BCUT2D eigenvalue weighted by molar-refractivity contribution is 6.14. The van der Waals surface area contributed by atoms with Gasteiger partial charge in [-0.2, -0.15) is 0 Å². The fraction of sp³-hybridized carbons (Fsp3) is 0.609. The number of carbonyl (C=O) groups is 3. The summed E-state index contributed by atoms with van der Waals surface area (Å²) in [7, 11) is 0. The van der Waals surface area contributed by atoms with Gasteiger partial charge < -0.3 is 19.7 Å². The van der Waals surface area contributed by atoms with Gasteiger partial charge in [0.25, 0.3) is 0 Å². The SMILES string of the molecule is CCC(CO)(CO)COC(=O)CCCCCC(C)C.O=C1OC(=O)c2ccccc21. The average Bonchev–Trinajstić information content (AvgIpc) is 3.03. The number of aliphatic hydroxyl groups is 2. The van der Waals surface area contributed by atoms with Crippen molar-refractivity contribution in [2.75, 3.05) is 19.8 Å². The van der Waals surface area contributed by atoms with Gasteiger partial charge in [-0.15, -0.1) is 0 Å². The van der Waals surface area contributed by atoms with Crippen molar-refractivity contribution in [2.24, 2.45) is 11.3 Å². The maximum Gasteiger partial charge on any atom is 0.346 e. The standard InChI is InChI=1S/C15H30O4.C8H4O3/c1-4-15(10-16,11-17)12-19-14(18)9-7-5-6-8-13(2)3;9-7-5-3-1-2-4-6(5)8(10)11-7/h13,16-17H,4-12H2,1-3H3;1-4H. The molecule has 0 atom stereocenters. The molecule has 0 aliphatic carbocycles. The third-order valence-corrected chi connectivity index (χ3v) is 5.17. The number of hydrogen-bond donors (Lipinski definition) is 2. The summed E-state index contributed by atoms with van der Waals surface area (Å²) in [6.45, 7) is 6.03. The average molecular weight is 423 g/mol. The molecule has 0 aromatic heterocycles. The van der Waals surface area contributed by atoms with E-state index >= 15 is 0 Å². The Labute approximate surface area is 178 Å². The van der Waals surface area contributed by atoms with E-state index in [1.165, 1.54) is 6.42 Å². The molecule has 168 valence electrons. The first-order chi connectivity index (χ1) is 14.3. The Morgan fingerprint density at radius 1 is 1.03 bits per heavy atom. The van der Waals surface area contributed by atoms with Crippen LogP contribution in [0.25, 0.3) is 0 Å². The molecule has 30 heavy (non-hydrogen) atoms. The molecule has 2 rings (SSSR count). The Hall–Kier alpha value is -2.25. The molecule has 1 aromatic carbocycles. The Bertz CT molecular complexity index is 651. The van der Waals surface area contributed by atoms with Gasteiger partial charge in [0.05, 0.1) is 29.8 Å². The van der Waals surface area contributed by atoms with E-state index in [0.29, 0.717) is 29.9 Å². The smallest absolute Gasteiger partial charge is 0.346 e. The minimum absolute atomic E-state index is 0.0985. The van der Waals surface area contributed by atoms with Crippen LogP contribution in [0.2, 0.25) is 0 Å². The van der Waals surface area contributed by atoms with Gasteiger partial charge in [-0.05, 0) is 30.9 Å². The van der Waals surface area contributed by atoms with Crippen LogP contribution in [0.5, 0.6) is 0 Å². The summed E-state index contributed by atoms with van der Waals surface area (Å²) in [6.07, 6.45) is 5.26. The van der Waals surface area contributed by atoms with E-state index in [1.807, 2.05) is 6.92 Å². The van der Waals surface area contributed by atoms with Gasteiger partial charge in [-0.25, -0.2) is 9.59 Å². The van der Waals surface area contributed by atoms with Crippen LogP contribution in [0.15, 0.2) is 24.3 Å². The van der Waals surface area contributed by atoms with Gasteiger partial charge in [0.15, 0.2) is 0 Å². The number of aliphatic hydroxyl groups excluding tert-OH is 2. The van der Waals surface area contributed by atoms with Gasteiger partial charge in [-0.1, -0.05) is 52.2 Å². The van der Waals surface area contributed by atoms with Crippen molar-refractivity contribution in [3.05, 3.63) is 35.4 Å². The summed E-state index contributed by atoms with van der Waals surface area (Å²) in [4.78, 5) is 33.2. The van der Waals surface area contributed by atoms with Crippen molar-refractivity contribution < 1.29 is 34.1 Å². The monoisotopic (exact) mass is 422 g/mol. The summed E-state index contributed by atoms with van der Waals surface area (Å²) in [5.74, 6) is -0.619. The van der Waals surface area contributed by atoms with Crippen LogP contribution in [0, 0.1) is 11.3 Å². The van der Waals surface area contributed by atoms with Crippen LogP contribution in [-0.2, 0) is 14.3 Å². The first-order valence-electron chi connectivity index (χ1n) is 10.5. The number of rotatable bonds is 11. The molecule has 1 aromatic rings. The number of esters is 3. The summed E-state index contributed by atoms with van der Waals surface area (Å²) < 4.78 is 9.50. The van der Waals surface area contributed by atoms with Crippen LogP contribution < -0.4 is 0 Å². The van der Waals surface area contributed by atoms with E-state index in [1.54, 1.807) is 24.3 Å². The molecule has 0 bridgehead atoms. The van der Waals surface area contributed by atoms with Crippen LogP contribution in [0.1, 0.15) is 80.0 Å². The van der Waals surface area contributed by atoms with Crippen LogP contribution in [0.3, 0.4) is 0 Å². The Morgan fingerprint density at radius 3 is 2.07 bits per heavy atom. The Kier molecular flexibility index (Phi) is 11.3. The molecule has 0 amide bonds. The summed E-state index contributed by atoms with van der Waals surface area (Å²) >= 11 is 0. The van der Waals surface area contributed by atoms with Crippen molar-refractivity contribution in [3.63, 3.8) is 0 Å². The Balaban J connectivity index is 0.000000340. The first-order valence-corrected chi connectivity index (χ1v) is 10.5. The largest absolute Gasteiger partial charge is 0.465 e. The third-order valence-electron chi connectivity index (χ3n) is 5.17. The molecule has 2 N–H and O–H groups in total. The number of cyclic esters (lactones) is 2. The lowest BCUT2D eigenvalue weighted by molar-refractivity contribution is -0.149. The molecule has 0 saturated carbocycles. The second-order valence-electron chi connectivity index (χ2n) is 8.05. The maximum absolute atomic E-state index is 11.5. The predicted molar refractivity (Wildman–Crippen MR) is 112 cm³/mol. The van der Waals surface area contributed by atoms with Crippen molar-refractivity contribution >= 4 is 17.9 Å². The fourth-order valence-corrected chi connectivity index (χ4v) is 2.80. The van der Waals surface area contributed by atoms with E-state index in [9.17, 15) is 24.6 Å². The van der Waals surface area contributed by atoms with Crippen LogP contribution in [-0.4, -0.2) is 47.9 Å². The molecule has 0 unspecified atom stereocenters. The number of benzene rings is 1. The van der Waals surface area contributed by atoms with E-state index in [-0.39, 0.29) is 25.8 Å². The summed E-state index contributed by atoms with van der Waals surface area (Å²) in [6, 6.07) is 6.53. The minimum Gasteiger partial charge on any atom is -0.465 e. The minimum atomic E-state index is -0.687. The van der Waals surface area contributed by atoms with Crippen molar-refractivity contribution in [1.82, 2.24) is 0 Å². The predicted octanol–water partition coefficient (Wildman–Crippen LogP) is 3.51. The molecular formula is C23H34O7. The highest BCUT2D eigenvalue weighted by Crippen LogP contribution is 2.21. The lowest BCUT2D eigenvalue weighted by Gasteiger charge is -2.27. The lowest BCUT2D eigenvalue weighted by Crippen LogP contribution is -2.35. The normalized spacial score (nSPS) is 12.9. The highest BCUT2D eigenvalue weighted by Gasteiger charge is 2.29. The van der Waals surface area contributed by atoms with E-state index < -0.39 is 17.4 Å². The molecule has 7 nitrogen and oxygen atoms in total.